The van der Waals surface area contributed by atoms with Gasteiger partial charge in [-0.2, -0.15) is 0 Å². The molecule has 1 aliphatic heterocycles. The van der Waals surface area contributed by atoms with Gasteiger partial charge in [-0.15, -0.1) is 11.3 Å². The lowest BCUT2D eigenvalue weighted by Crippen LogP contribution is -2.18. The van der Waals surface area contributed by atoms with Gasteiger partial charge in [0.2, 0.25) is 0 Å². The molecule has 1 aliphatic rings. The number of hydrogen-bond donors (Lipinski definition) is 1. The Labute approximate surface area is 115 Å². The van der Waals surface area contributed by atoms with Gasteiger partial charge < -0.3 is 5.32 Å². The van der Waals surface area contributed by atoms with Crippen molar-refractivity contribution in [3.05, 3.63) is 28.3 Å². The molecule has 19 heavy (non-hydrogen) atoms. The van der Waals surface area contributed by atoms with Gasteiger partial charge in [-0.05, 0) is 19.0 Å². The summed E-state index contributed by atoms with van der Waals surface area (Å²) in [5, 5.41) is 14.0. The summed E-state index contributed by atoms with van der Waals surface area (Å²) in [5.74, 6) is 0. The topological polar surface area (TPSA) is 85.1 Å². The summed E-state index contributed by atoms with van der Waals surface area (Å²) in [6, 6.07) is 4.54. The Morgan fingerprint density at radius 2 is 2.37 bits per heavy atom. The Morgan fingerprint density at radius 1 is 1.53 bits per heavy atom. The van der Waals surface area contributed by atoms with Crippen LogP contribution in [0.2, 0.25) is 0 Å². The number of rotatable bonds is 3. The Bertz CT molecular complexity index is 664. The fourth-order valence-corrected chi connectivity index (χ4v) is 4.81. The van der Waals surface area contributed by atoms with E-state index in [0.717, 1.165) is 24.2 Å². The zero-order chi connectivity index (χ0) is 13.4. The fraction of sp³-hybridized carbons (Fsp3) is 0.364. The first-order valence-corrected chi connectivity index (χ1v) is 7.84. The minimum absolute atomic E-state index is 0.0117. The van der Waals surface area contributed by atoms with E-state index < -0.39 is 15.7 Å². The second kappa shape index (κ2) is 4.95. The quantitative estimate of drug-likeness (QED) is 0.688. The van der Waals surface area contributed by atoms with Gasteiger partial charge in [0.15, 0.2) is 4.34 Å². The standard InChI is InChI=1S/C11H11N3O3S2/c15-14(16)7-1-2-10-9(5-7)13-11(18-10)19(17)8-3-4-12-6-8/h1-2,5,8,12H,3-4,6H2/t8-,19-/m0/s1. The van der Waals surface area contributed by atoms with Crippen LogP contribution in [-0.2, 0) is 10.8 Å². The van der Waals surface area contributed by atoms with E-state index in [2.05, 4.69) is 10.3 Å². The molecule has 1 N–H and O–H groups in total. The summed E-state index contributed by atoms with van der Waals surface area (Å²) in [6.45, 7) is 1.62. The predicted octanol–water partition coefficient (Wildman–Crippen LogP) is 1.67. The predicted molar refractivity (Wildman–Crippen MR) is 74.0 cm³/mol. The fourth-order valence-electron chi connectivity index (χ4n) is 2.05. The highest BCUT2D eigenvalue weighted by Crippen LogP contribution is 2.29. The van der Waals surface area contributed by atoms with Crippen LogP contribution in [0.4, 0.5) is 5.69 Å². The monoisotopic (exact) mass is 297 g/mol. The average molecular weight is 297 g/mol. The van der Waals surface area contributed by atoms with Crippen LogP contribution in [0.3, 0.4) is 0 Å². The minimum atomic E-state index is -1.13. The molecular weight excluding hydrogens is 286 g/mol. The molecule has 2 aromatic rings. The number of thiazole rings is 1. The summed E-state index contributed by atoms with van der Waals surface area (Å²) >= 11 is 1.35. The van der Waals surface area contributed by atoms with Gasteiger partial charge in [0.05, 0.1) is 31.2 Å². The van der Waals surface area contributed by atoms with Crippen molar-refractivity contribution in [3.8, 4) is 0 Å². The van der Waals surface area contributed by atoms with Crippen LogP contribution in [0.5, 0.6) is 0 Å². The van der Waals surface area contributed by atoms with Crippen LogP contribution in [0, 0.1) is 10.1 Å². The molecule has 1 aromatic carbocycles. The van der Waals surface area contributed by atoms with Gasteiger partial charge in [-0.1, -0.05) is 0 Å². The van der Waals surface area contributed by atoms with Crippen LogP contribution in [0.25, 0.3) is 10.2 Å². The zero-order valence-electron chi connectivity index (χ0n) is 9.87. The molecule has 0 bridgehead atoms. The molecule has 1 aromatic heterocycles. The maximum absolute atomic E-state index is 12.3. The smallest absolute Gasteiger partial charge is 0.271 e. The third-order valence-electron chi connectivity index (χ3n) is 3.05. The van der Waals surface area contributed by atoms with E-state index >= 15 is 0 Å². The Hall–Kier alpha value is -1.38. The van der Waals surface area contributed by atoms with Gasteiger partial charge >= 0.3 is 0 Å². The normalized spacial score (nSPS) is 20.7. The van der Waals surface area contributed by atoms with E-state index in [-0.39, 0.29) is 10.9 Å². The Balaban J connectivity index is 1.96. The van der Waals surface area contributed by atoms with E-state index in [1.54, 1.807) is 6.07 Å². The van der Waals surface area contributed by atoms with Crippen molar-refractivity contribution >= 4 is 38.0 Å². The average Bonchev–Trinajstić information content (AvgIpc) is 3.06. The van der Waals surface area contributed by atoms with Gasteiger partial charge in [0, 0.05) is 18.7 Å². The molecule has 0 radical (unpaired) electrons. The summed E-state index contributed by atoms with van der Waals surface area (Å²) in [6.07, 6.45) is 0.878. The molecular formula is C11H11N3O3S2. The number of nitrogens with zero attached hydrogens (tertiary/aromatic N) is 2. The second-order valence-electron chi connectivity index (χ2n) is 4.30. The highest BCUT2D eigenvalue weighted by Gasteiger charge is 2.25. The van der Waals surface area contributed by atoms with Gasteiger partial charge in [0.1, 0.15) is 0 Å². The number of benzene rings is 1. The molecule has 0 aliphatic carbocycles. The highest BCUT2D eigenvalue weighted by molar-refractivity contribution is 7.88. The molecule has 6 nitrogen and oxygen atoms in total. The first-order valence-electron chi connectivity index (χ1n) is 5.81. The number of nitro groups is 1. The number of fused-ring (bicyclic) bond motifs is 1. The van der Waals surface area contributed by atoms with Crippen LogP contribution in [-0.4, -0.2) is 32.5 Å². The first kappa shape index (κ1) is 12.6. The van der Waals surface area contributed by atoms with Crippen molar-refractivity contribution in [1.29, 1.82) is 0 Å². The van der Waals surface area contributed by atoms with Crippen molar-refractivity contribution in [2.24, 2.45) is 0 Å². The number of nitrogens with one attached hydrogen (secondary N) is 1. The lowest BCUT2D eigenvalue weighted by atomic mass is 10.3. The molecule has 0 saturated carbocycles. The van der Waals surface area contributed by atoms with E-state index in [9.17, 15) is 14.3 Å². The van der Waals surface area contributed by atoms with Crippen molar-refractivity contribution in [2.45, 2.75) is 16.0 Å². The third-order valence-corrected chi connectivity index (χ3v) is 6.07. The van der Waals surface area contributed by atoms with E-state index in [1.165, 1.54) is 23.5 Å². The van der Waals surface area contributed by atoms with Crippen LogP contribution >= 0.6 is 11.3 Å². The summed E-state index contributed by atoms with van der Waals surface area (Å²) in [5.41, 5.74) is 0.561. The summed E-state index contributed by atoms with van der Waals surface area (Å²) < 4.78 is 13.7. The minimum Gasteiger partial charge on any atom is -0.315 e. The van der Waals surface area contributed by atoms with Gasteiger partial charge in [-0.3, -0.25) is 14.3 Å². The number of nitro benzene ring substituents is 1. The van der Waals surface area contributed by atoms with Crippen molar-refractivity contribution in [1.82, 2.24) is 10.3 Å². The highest BCUT2D eigenvalue weighted by atomic mass is 32.2. The molecule has 0 spiro atoms. The molecule has 0 unspecified atom stereocenters. The van der Waals surface area contributed by atoms with Crippen LogP contribution in [0.1, 0.15) is 6.42 Å². The maximum atomic E-state index is 12.3. The lowest BCUT2D eigenvalue weighted by Gasteiger charge is -2.03. The Morgan fingerprint density at radius 3 is 3.05 bits per heavy atom. The van der Waals surface area contributed by atoms with E-state index in [0.29, 0.717) is 9.86 Å². The molecule has 2 atom stereocenters. The number of aromatic nitrogens is 1. The molecule has 1 fully saturated rings. The van der Waals surface area contributed by atoms with E-state index in [4.69, 9.17) is 0 Å². The summed E-state index contributed by atoms with van der Waals surface area (Å²) in [7, 11) is -1.13. The number of hydrogen-bond acceptors (Lipinski definition) is 6. The Kier molecular flexibility index (Phi) is 3.29. The van der Waals surface area contributed by atoms with Crippen molar-refractivity contribution in [2.75, 3.05) is 13.1 Å². The van der Waals surface area contributed by atoms with Crippen molar-refractivity contribution in [3.63, 3.8) is 0 Å². The van der Waals surface area contributed by atoms with Crippen LogP contribution < -0.4 is 5.32 Å². The molecule has 8 heteroatoms. The maximum Gasteiger partial charge on any atom is 0.271 e. The number of non-ortho nitro benzene ring substituents is 1. The first-order chi connectivity index (χ1) is 9.15. The van der Waals surface area contributed by atoms with E-state index in [1.807, 2.05) is 0 Å². The van der Waals surface area contributed by atoms with Gasteiger partial charge in [-0.25, -0.2) is 4.98 Å². The largest absolute Gasteiger partial charge is 0.315 e. The SMILES string of the molecule is O=[N+]([O-])c1ccc2sc([S@@](=O)[C@H]3CCNC3)nc2c1. The zero-order valence-corrected chi connectivity index (χ0v) is 11.5. The van der Waals surface area contributed by atoms with Crippen molar-refractivity contribution < 1.29 is 9.13 Å². The molecule has 100 valence electrons. The van der Waals surface area contributed by atoms with Gasteiger partial charge in [0.25, 0.3) is 5.69 Å². The molecule has 2 heterocycles. The lowest BCUT2D eigenvalue weighted by molar-refractivity contribution is -0.384. The third kappa shape index (κ3) is 2.38. The molecule has 3 rings (SSSR count). The second-order valence-corrected chi connectivity index (χ2v) is 7.24. The molecule has 0 amide bonds. The molecule has 1 saturated heterocycles. The summed E-state index contributed by atoms with van der Waals surface area (Å²) in [4.78, 5) is 14.5. The van der Waals surface area contributed by atoms with Crippen LogP contribution in [0.15, 0.2) is 22.5 Å².